The van der Waals surface area contributed by atoms with Crippen LogP contribution in [-0.4, -0.2) is 0 Å². The van der Waals surface area contributed by atoms with Crippen molar-refractivity contribution in [1.29, 1.82) is 5.26 Å². The highest BCUT2D eigenvalue weighted by molar-refractivity contribution is 5.57. The van der Waals surface area contributed by atoms with Crippen molar-refractivity contribution in [2.24, 2.45) is 0 Å². The molecule has 1 nitrogen and oxygen atoms in total. The Morgan fingerprint density at radius 1 is 0.938 bits per heavy atom. The van der Waals surface area contributed by atoms with E-state index in [2.05, 4.69) is 0 Å². The molecule has 0 unspecified atom stereocenters. The van der Waals surface area contributed by atoms with Crippen LogP contribution in [0, 0.1) is 40.4 Å². The number of allylic oxidation sites excluding steroid dienone is 1. The number of nitriles is 1. The van der Waals surface area contributed by atoms with Gasteiger partial charge in [-0.05, 0) is 13.0 Å². The van der Waals surface area contributed by atoms with Crippen LogP contribution in [0.15, 0.2) is 5.57 Å². The van der Waals surface area contributed by atoms with Gasteiger partial charge in [0.05, 0.1) is 11.6 Å². The third kappa shape index (κ3) is 1.89. The molecule has 0 atom stereocenters. The quantitative estimate of drug-likeness (QED) is 0.316. The largest absolute Gasteiger partial charge is 0.203 e. The highest BCUT2D eigenvalue weighted by atomic mass is 19.2. The highest BCUT2D eigenvalue weighted by Crippen LogP contribution is 2.24. The van der Waals surface area contributed by atoms with Crippen molar-refractivity contribution in [3.8, 4) is 6.07 Å². The lowest BCUT2D eigenvalue weighted by Crippen LogP contribution is -2.04. The molecule has 0 aliphatic rings. The lowest BCUT2D eigenvalue weighted by Gasteiger charge is -2.04. The van der Waals surface area contributed by atoms with Crippen molar-refractivity contribution < 1.29 is 22.0 Å². The Morgan fingerprint density at radius 2 is 1.31 bits per heavy atom. The summed E-state index contributed by atoms with van der Waals surface area (Å²) in [5, 5.41) is 8.35. The van der Waals surface area contributed by atoms with Gasteiger partial charge in [-0.1, -0.05) is 0 Å². The number of nitrogens with zero attached hydrogens (tertiary/aromatic N) is 1. The average molecular weight is 233 g/mol. The van der Waals surface area contributed by atoms with Gasteiger partial charge in [0.1, 0.15) is 0 Å². The van der Waals surface area contributed by atoms with Crippen LogP contribution in [0.4, 0.5) is 22.0 Å². The second-order valence-electron chi connectivity index (χ2n) is 2.92. The topological polar surface area (TPSA) is 23.8 Å². The third-order valence-corrected chi connectivity index (χ3v) is 1.78. The predicted molar refractivity (Wildman–Crippen MR) is 45.5 cm³/mol. The number of rotatable bonds is 1. The molecule has 1 aromatic carbocycles. The fourth-order valence-electron chi connectivity index (χ4n) is 0.997. The van der Waals surface area contributed by atoms with E-state index in [0.717, 1.165) is 0 Å². The lowest BCUT2D eigenvalue weighted by molar-refractivity contribution is 0.377. The number of benzene rings is 1. The van der Waals surface area contributed by atoms with Gasteiger partial charge < -0.3 is 0 Å². The van der Waals surface area contributed by atoms with Gasteiger partial charge in [0.25, 0.3) is 0 Å². The molecule has 0 bridgehead atoms. The van der Waals surface area contributed by atoms with Crippen molar-refractivity contribution in [1.82, 2.24) is 0 Å². The van der Waals surface area contributed by atoms with E-state index in [4.69, 9.17) is 5.26 Å². The van der Waals surface area contributed by atoms with Crippen molar-refractivity contribution in [3.63, 3.8) is 0 Å². The first-order valence-electron chi connectivity index (χ1n) is 4.00. The van der Waals surface area contributed by atoms with Gasteiger partial charge in [0, 0.05) is 5.57 Å². The summed E-state index contributed by atoms with van der Waals surface area (Å²) >= 11 is 0. The van der Waals surface area contributed by atoms with Crippen LogP contribution in [-0.2, 0) is 0 Å². The Labute approximate surface area is 87.4 Å². The van der Waals surface area contributed by atoms with Gasteiger partial charge in [-0.15, -0.1) is 0 Å². The number of halogens is 5. The minimum Gasteiger partial charge on any atom is -0.203 e. The smallest absolute Gasteiger partial charge is 0.200 e. The van der Waals surface area contributed by atoms with Crippen molar-refractivity contribution in [2.45, 2.75) is 6.92 Å². The normalized spacial score (nSPS) is 11.4. The molecule has 1 rings (SSSR count). The maximum atomic E-state index is 13.0. The lowest BCUT2D eigenvalue weighted by atomic mass is 10.1. The zero-order valence-electron chi connectivity index (χ0n) is 7.91. The van der Waals surface area contributed by atoms with Gasteiger partial charge in [-0.3, -0.25) is 0 Å². The Kier molecular flexibility index (Phi) is 3.28. The number of hydrogen-bond acceptors (Lipinski definition) is 1. The van der Waals surface area contributed by atoms with E-state index in [1.807, 2.05) is 0 Å². The monoisotopic (exact) mass is 233 g/mol. The van der Waals surface area contributed by atoms with E-state index in [9.17, 15) is 22.0 Å². The van der Waals surface area contributed by atoms with Gasteiger partial charge in [-0.25, -0.2) is 22.0 Å². The molecule has 1 aromatic rings. The van der Waals surface area contributed by atoms with Crippen LogP contribution in [0.5, 0.6) is 0 Å². The van der Waals surface area contributed by atoms with Crippen molar-refractivity contribution >= 4 is 6.08 Å². The van der Waals surface area contributed by atoms with E-state index >= 15 is 0 Å². The zero-order chi connectivity index (χ0) is 12.5. The summed E-state index contributed by atoms with van der Waals surface area (Å²) in [7, 11) is 0. The number of hydrogen-bond donors (Lipinski definition) is 0. The highest BCUT2D eigenvalue weighted by Gasteiger charge is 2.24. The molecular formula is C10H4F5N. The maximum Gasteiger partial charge on any atom is 0.200 e. The molecule has 0 heterocycles. The van der Waals surface area contributed by atoms with Crippen LogP contribution < -0.4 is 0 Å². The molecule has 0 saturated heterocycles. The van der Waals surface area contributed by atoms with Gasteiger partial charge in [0.2, 0.25) is 5.82 Å². The van der Waals surface area contributed by atoms with Crippen LogP contribution >= 0.6 is 0 Å². The fourth-order valence-corrected chi connectivity index (χ4v) is 0.997. The summed E-state index contributed by atoms with van der Waals surface area (Å²) in [6, 6.07) is 1.51. The summed E-state index contributed by atoms with van der Waals surface area (Å²) in [5.41, 5.74) is -1.29. The summed E-state index contributed by atoms with van der Waals surface area (Å²) in [4.78, 5) is 0. The third-order valence-electron chi connectivity index (χ3n) is 1.78. The standard InChI is InChI=1S/C10H4F5N/c1-4(3-16)2-5-6(11)8(13)10(15)9(14)7(5)12/h2H,1H3/b4-2+. The molecular weight excluding hydrogens is 229 g/mol. The summed E-state index contributed by atoms with van der Waals surface area (Å²) in [6.45, 7) is 1.18. The average Bonchev–Trinajstić information content (AvgIpc) is 2.29. The minimum absolute atomic E-state index is 0.178. The van der Waals surface area contributed by atoms with Gasteiger partial charge in [-0.2, -0.15) is 5.26 Å². The van der Waals surface area contributed by atoms with Crippen molar-refractivity contribution in [3.05, 3.63) is 40.2 Å². The van der Waals surface area contributed by atoms with Gasteiger partial charge in [0.15, 0.2) is 23.3 Å². The molecule has 16 heavy (non-hydrogen) atoms. The first kappa shape index (κ1) is 12.2. The molecule has 0 aliphatic heterocycles. The second-order valence-corrected chi connectivity index (χ2v) is 2.92. The Hall–Kier alpha value is -1.90. The first-order valence-corrected chi connectivity index (χ1v) is 4.00. The molecule has 0 fully saturated rings. The Balaban J connectivity index is 3.60. The molecule has 6 heteroatoms. The Bertz CT molecular complexity index is 484. The van der Waals surface area contributed by atoms with Crippen LogP contribution in [0.2, 0.25) is 0 Å². The molecule has 0 N–H and O–H groups in total. The van der Waals surface area contributed by atoms with Gasteiger partial charge >= 0.3 is 0 Å². The summed E-state index contributed by atoms with van der Waals surface area (Å²) < 4.78 is 64.0. The van der Waals surface area contributed by atoms with Crippen LogP contribution in [0.1, 0.15) is 12.5 Å². The molecule has 0 spiro atoms. The SMILES string of the molecule is C/C(C#N)=C\c1c(F)c(F)c(F)c(F)c1F. The van der Waals surface area contributed by atoms with E-state index in [0.29, 0.717) is 6.08 Å². The molecule has 0 radical (unpaired) electrons. The predicted octanol–water partition coefficient (Wildman–Crippen LogP) is 3.31. The zero-order valence-corrected chi connectivity index (χ0v) is 7.91. The summed E-state index contributed by atoms with van der Waals surface area (Å²) in [5.74, 6) is -10.2. The maximum absolute atomic E-state index is 13.0. The fraction of sp³-hybridized carbons (Fsp3) is 0.100. The first-order chi connectivity index (χ1) is 7.40. The summed E-state index contributed by atoms with van der Waals surface area (Å²) in [6.07, 6.45) is 0.594. The molecule has 84 valence electrons. The van der Waals surface area contributed by atoms with E-state index in [1.165, 1.54) is 13.0 Å². The molecule has 0 amide bonds. The van der Waals surface area contributed by atoms with Crippen LogP contribution in [0.3, 0.4) is 0 Å². The van der Waals surface area contributed by atoms with E-state index in [1.54, 1.807) is 0 Å². The second kappa shape index (κ2) is 4.31. The van der Waals surface area contributed by atoms with E-state index in [-0.39, 0.29) is 5.57 Å². The minimum atomic E-state index is -2.22. The van der Waals surface area contributed by atoms with Crippen LogP contribution in [0.25, 0.3) is 6.08 Å². The Morgan fingerprint density at radius 3 is 1.69 bits per heavy atom. The molecule has 0 aromatic heterocycles. The van der Waals surface area contributed by atoms with Crippen molar-refractivity contribution in [2.75, 3.05) is 0 Å². The molecule has 0 saturated carbocycles. The molecule has 0 aliphatic carbocycles. The van der Waals surface area contributed by atoms with E-state index < -0.39 is 34.6 Å².